The number of carbonyl (C=O) groups excluding carboxylic acids is 1. The Morgan fingerprint density at radius 2 is 1.79 bits per heavy atom. The fraction of sp³-hybridized carbons (Fsp3) is 0.0625. The molecular formula is C16H13N5O3. The van der Waals surface area contributed by atoms with Crippen LogP contribution in [0.25, 0.3) is 11.4 Å². The molecule has 120 valence electrons. The summed E-state index contributed by atoms with van der Waals surface area (Å²) in [6.07, 6.45) is 4.24. The van der Waals surface area contributed by atoms with Crippen molar-refractivity contribution in [3.05, 3.63) is 75.8 Å². The molecule has 0 unspecified atom stereocenters. The van der Waals surface area contributed by atoms with Gasteiger partial charge in [0.2, 0.25) is 5.91 Å². The zero-order valence-electron chi connectivity index (χ0n) is 12.5. The third kappa shape index (κ3) is 3.61. The predicted molar refractivity (Wildman–Crippen MR) is 87.4 cm³/mol. The standard InChI is InChI=1S/C16H13N5O3/c22-13-6-7-21(16(24)20-13)10-14(23)19-12-8-17-15(18-9-12)11-4-2-1-3-5-11/h1-9H,10H2,(H,19,23)(H,20,22,24). The molecule has 3 rings (SSSR count). The minimum absolute atomic E-state index is 0.226. The second-order valence-corrected chi connectivity index (χ2v) is 4.95. The van der Waals surface area contributed by atoms with Gasteiger partial charge in [-0.1, -0.05) is 30.3 Å². The van der Waals surface area contributed by atoms with E-state index < -0.39 is 17.2 Å². The van der Waals surface area contributed by atoms with Gasteiger partial charge in [-0.05, 0) is 0 Å². The van der Waals surface area contributed by atoms with Gasteiger partial charge >= 0.3 is 5.69 Å². The summed E-state index contributed by atoms with van der Waals surface area (Å²) in [5, 5.41) is 2.60. The molecule has 0 fully saturated rings. The number of hydrogen-bond donors (Lipinski definition) is 2. The van der Waals surface area contributed by atoms with Crippen LogP contribution < -0.4 is 16.6 Å². The van der Waals surface area contributed by atoms with E-state index in [9.17, 15) is 14.4 Å². The van der Waals surface area contributed by atoms with Crippen LogP contribution in [-0.4, -0.2) is 25.4 Å². The summed E-state index contributed by atoms with van der Waals surface area (Å²) in [5.41, 5.74) is 0.127. The highest BCUT2D eigenvalue weighted by Gasteiger charge is 2.07. The van der Waals surface area contributed by atoms with E-state index in [1.54, 1.807) is 0 Å². The van der Waals surface area contributed by atoms with Gasteiger partial charge in [0, 0.05) is 17.8 Å². The van der Waals surface area contributed by atoms with E-state index in [0.717, 1.165) is 10.1 Å². The molecule has 1 amide bonds. The van der Waals surface area contributed by atoms with Gasteiger partial charge < -0.3 is 5.32 Å². The molecule has 0 bridgehead atoms. The number of amides is 1. The van der Waals surface area contributed by atoms with Gasteiger partial charge in [0.05, 0.1) is 18.1 Å². The molecule has 8 heteroatoms. The van der Waals surface area contributed by atoms with Crippen molar-refractivity contribution in [1.82, 2.24) is 19.5 Å². The minimum Gasteiger partial charge on any atom is -0.322 e. The molecule has 24 heavy (non-hydrogen) atoms. The van der Waals surface area contributed by atoms with Gasteiger partial charge in [-0.25, -0.2) is 14.8 Å². The summed E-state index contributed by atoms with van der Waals surface area (Å²) < 4.78 is 1.09. The Morgan fingerprint density at radius 1 is 1.08 bits per heavy atom. The number of carbonyl (C=O) groups is 1. The van der Waals surface area contributed by atoms with Crippen LogP contribution in [0.5, 0.6) is 0 Å². The number of H-pyrrole nitrogens is 1. The smallest absolute Gasteiger partial charge is 0.322 e. The van der Waals surface area contributed by atoms with Gasteiger partial charge in [0.15, 0.2) is 5.82 Å². The Balaban J connectivity index is 1.68. The summed E-state index contributed by atoms with van der Waals surface area (Å²) in [4.78, 5) is 44.9. The van der Waals surface area contributed by atoms with Crippen molar-refractivity contribution >= 4 is 11.6 Å². The molecule has 0 radical (unpaired) electrons. The summed E-state index contributed by atoms with van der Waals surface area (Å²) >= 11 is 0. The zero-order chi connectivity index (χ0) is 16.9. The molecule has 3 aromatic rings. The Morgan fingerprint density at radius 3 is 2.46 bits per heavy atom. The van der Waals surface area contributed by atoms with Crippen molar-refractivity contribution in [2.45, 2.75) is 6.54 Å². The summed E-state index contributed by atoms with van der Waals surface area (Å²) in [6, 6.07) is 10.6. The first-order chi connectivity index (χ1) is 11.6. The highest BCUT2D eigenvalue weighted by atomic mass is 16.2. The highest BCUT2D eigenvalue weighted by molar-refractivity contribution is 5.90. The maximum atomic E-state index is 12.0. The van der Waals surface area contributed by atoms with E-state index >= 15 is 0 Å². The number of benzene rings is 1. The van der Waals surface area contributed by atoms with E-state index in [2.05, 4.69) is 20.3 Å². The molecule has 2 aromatic heterocycles. The van der Waals surface area contributed by atoms with E-state index in [-0.39, 0.29) is 6.54 Å². The van der Waals surface area contributed by atoms with Crippen LogP contribution in [0.1, 0.15) is 0 Å². The topological polar surface area (TPSA) is 110 Å². The van der Waals surface area contributed by atoms with Gasteiger partial charge in [0.1, 0.15) is 6.54 Å². The number of hydrogen-bond acceptors (Lipinski definition) is 5. The predicted octanol–water partition coefficient (Wildman–Crippen LogP) is 0.632. The number of aromatic nitrogens is 4. The molecule has 0 saturated heterocycles. The molecule has 0 atom stereocenters. The fourth-order valence-electron chi connectivity index (χ4n) is 2.05. The largest absolute Gasteiger partial charge is 0.328 e. The number of anilines is 1. The Labute approximate surface area is 135 Å². The van der Waals surface area contributed by atoms with E-state index in [0.29, 0.717) is 11.5 Å². The van der Waals surface area contributed by atoms with Gasteiger partial charge in [-0.2, -0.15) is 0 Å². The lowest BCUT2D eigenvalue weighted by molar-refractivity contribution is -0.116. The molecule has 0 aliphatic rings. The van der Waals surface area contributed by atoms with Crippen molar-refractivity contribution in [2.75, 3.05) is 5.32 Å². The number of nitrogens with one attached hydrogen (secondary N) is 2. The van der Waals surface area contributed by atoms with Crippen LogP contribution in [0.15, 0.2) is 64.6 Å². The molecular weight excluding hydrogens is 310 g/mol. The Hall–Kier alpha value is -3.55. The van der Waals surface area contributed by atoms with E-state index in [4.69, 9.17) is 0 Å². The van der Waals surface area contributed by atoms with Crippen LogP contribution in [0.4, 0.5) is 5.69 Å². The quantitative estimate of drug-likeness (QED) is 0.732. The second kappa shape index (κ2) is 6.69. The van der Waals surface area contributed by atoms with Gasteiger partial charge in [-0.15, -0.1) is 0 Å². The molecule has 0 saturated carbocycles. The maximum Gasteiger partial charge on any atom is 0.328 e. The summed E-state index contributed by atoms with van der Waals surface area (Å²) in [5.74, 6) is 0.116. The highest BCUT2D eigenvalue weighted by Crippen LogP contribution is 2.14. The third-order valence-electron chi connectivity index (χ3n) is 3.18. The van der Waals surface area contributed by atoms with Gasteiger partial charge in [-0.3, -0.25) is 19.1 Å². The average Bonchev–Trinajstić information content (AvgIpc) is 2.59. The first kappa shape index (κ1) is 15.3. The number of aromatic amines is 1. The van der Waals surface area contributed by atoms with Crippen molar-refractivity contribution < 1.29 is 4.79 Å². The molecule has 0 spiro atoms. The van der Waals surface area contributed by atoms with Crippen LogP contribution in [-0.2, 0) is 11.3 Å². The first-order valence-electron chi connectivity index (χ1n) is 7.09. The lowest BCUT2D eigenvalue weighted by Gasteiger charge is -2.07. The second-order valence-electron chi connectivity index (χ2n) is 4.95. The Kier molecular flexibility index (Phi) is 4.28. The zero-order valence-corrected chi connectivity index (χ0v) is 12.5. The summed E-state index contributed by atoms with van der Waals surface area (Å²) in [6.45, 7) is -0.226. The van der Waals surface area contributed by atoms with E-state index in [1.165, 1.54) is 24.7 Å². The third-order valence-corrected chi connectivity index (χ3v) is 3.18. The van der Waals surface area contributed by atoms with Crippen molar-refractivity contribution in [1.29, 1.82) is 0 Å². The van der Waals surface area contributed by atoms with Crippen molar-refractivity contribution in [3.63, 3.8) is 0 Å². The fourth-order valence-corrected chi connectivity index (χ4v) is 2.05. The van der Waals surface area contributed by atoms with Crippen LogP contribution in [0, 0.1) is 0 Å². The maximum absolute atomic E-state index is 12.0. The molecule has 0 aliphatic heterocycles. The van der Waals surface area contributed by atoms with Crippen LogP contribution in [0.2, 0.25) is 0 Å². The monoisotopic (exact) mass is 323 g/mol. The minimum atomic E-state index is -0.645. The lowest BCUT2D eigenvalue weighted by atomic mass is 10.2. The molecule has 8 nitrogen and oxygen atoms in total. The van der Waals surface area contributed by atoms with Crippen molar-refractivity contribution in [2.24, 2.45) is 0 Å². The van der Waals surface area contributed by atoms with Crippen molar-refractivity contribution in [3.8, 4) is 11.4 Å². The first-order valence-corrected chi connectivity index (χ1v) is 7.09. The van der Waals surface area contributed by atoms with Crippen LogP contribution in [0.3, 0.4) is 0 Å². The van der Waals surface area contributed by atoms with E-state index in [1.807, 2.05) is 30.3 Å². The number of nitrogens with zero attached hydrogens (tertiary/aromatic N) is 3. The molecule has 1 aromatic carbocycles. The number of rotatable bonds is 4. The molecule has 2 heterocycles. The molecule has 2 N–H and O–H groups in total. The summed E-state index contributed by atoms with van der Waals surface area (Å²) in [7, 11) is 0. The van der Waals surface area contributed by atoms with Gasteiger partial charge in [0.25, 0.3) is 5.56 Å². The lowest BCUT2D eigenvalue weighted by Crippen LogP contribution is -2.32. The normalized spacial score (nSPS) is 10.3. The van der Waals surface area contributed by atoms with Crippen LogP contribution >= 0.6 is 0 Å². The molecule has 0 aliphatic carbocycles. The SMILES string of the molecule is O=C(Cn1ccc(=O)[nH]c1=O)Nc1cnc(-c2ccccc2)nc1. The Bertz CT molecular complexity index is 961. The average molecular weight is 323 g/mol.